The predicted octanol–water partition coefficient (Wildman–Crippen LogP) is 6.80. The van der Waals surface area contributed by atoms with Crippen LogP contribution in [0.2, 0.25) is 0 Å². The molecular weight excluding hydrogens is 450 g/mol. The Morgan fingerprint density at radius 1 is 1.07 bits per heavy atom. The summed E-state index contributed by atoms with van der Waals surface area (Å²) >= 11 is 6.67. The number of thioether (sulfide) groups is 1. The lowest BCUT2D eigenvalue weighted by atomic mass is 10.0. The quantitative estimate of drug-likeness (QED) is 0.305. The van der Waals surface area contributed by atoms with Crippen LogP contribution in [0.5, 0.6) is 0 Å². The van der Waals surface area contributed by atoms with Gasteiger partial charge in [0.2, 0.25) is 0 Å². The van der Waals surface area contributed by atoms with Crippen molar-refractivity contribution >= 4 is 39.0 Å². The molecule has 4 aromatic rings. The van der Waals surface area contributed by atoms with Gasteiger partial charge >= 0.3 is 0 Å². The normalized spacial score (nSPS) is 10.6. The Hall–Kier alpha value is -2.46. The van der Waals surface area contributed by atoms with Gasteiger partial charge in [0.1, 0.15) is 11.1 Å². The van der Waals surface area contributed by atoms with E-state index in [0.29, 0.717) is 11.3 Å². The average Bonchev–Trinajstić information content (AvgIpc) is 3.28. The molecule has 0 atom stereocenters. The van der Waals surface area contributed by atoms with Crippen LogP contribution >= 0.6 is 39.0 Å². The molecular formula is C22H14BrN3S2. The fourth-order valence-electron chi connectivity index (χ4n) is 2.77. The van der Waals surface area contributed by atoms with Crippen molar-refractivity contribution in [3.63, 3.8) is 0 Å². The SMILES string of the molecule is N#Cc1c(-c2ccc(Br)cc2)cc(-c2cccs2)nc1SCc1ccccn1. The molecule has 6 heteroatoms. The van der Waals surface area contributed by atoms with Crippen LogP contribution in [0.25, 0.3) is 21.7 Å². The second kappa shape index (κ2) is 8.70. The van der Waals surface area contributed by atoms with E-state index in [9.17, 15) is 5.26 Å². The first kappa shape index (κ1) is 18.9. The summed E-state index contributed by atoms with van der Waals surface area (Å²) in [6.45, 7) is 0. The van der Waals surface area contributed by atoms with Gasteiger partial charge < -0.3 is 0 Å². The second-order valence-electron chi connectivity index (χ2n) is 5.94. The maximum atomic E-state index is 9.91. The minimum absolute atomic E-state index is 0.601. The van der Waals surface area contributed by atoms with Gasteiger partial charge in [0, 0.05) is 22.0 Å². The van der Waals surface area contributed by atoms with Crippen molar-refractivity contribution in [1.29, 1.82) is 5.26 Å². The highest BCUT2D eigenvalue weighted by Gasteiger charge is 2.16. The molecule has 0 saturated carbocycles. The number of benzene rings is 1. The summed E-state index contributed by atoms with van der Waals surface area (Å²) in [5.74, 6) is 0.663. The molecule has 0 aliphatic heterocycles. The summed E-state index contributed by atoms with van der Waals surface area (Å²) in [5.41, 5.74) is 4.35. The van der Waals surface area contributed by atoms with Crippen molar-refractivity contribution in [2.24, 2.45) is 0 Å². The summed E-state index contributed by atoms with van der Waals surface area (Å²) in [6, 6.07) is 22.3. The molecule has 0 fully saturated rings. The van der Waals surface area contributed by atoms with E-state index < -0.39 is 0 Å². The number of aromatic nitrogens is 2. The molecule has 0 bridgehead atoms. The summed E-state index contributed by atoms with van der Waals surface area (Å²) in [6.07, 6.45) is 1.78. The molecule has 28 heavy (non-hydrogen) atoms. The zero-order valence-corrected chi connectivity index (χ0v) is 17.9. The van der Waals surface area contributed by atoms with Gasteiger partial charge in [-0.15, -0.1) is 11.3 Å². The Labute approximate surface area is 180 Å². The molecule has 0 saturated heterocycles. The number of nitriles is 1. The molecule has 0 spiro atoms. The molecule has 3 nitrogen and oxygen atoms in total. The molecule has 1 aromatic carbocycles. The van der Waals surface area contributed by atoms with Gasteiger partial charge in [-0.25, -0.2) is 4.98 Å². The molecule has 136 valence electrons. The number of pyridine rings is 2. The van der Waals surface area contributed by atoms with E-state index in [1.165, 1.54) is 0 Å². The Morgan fingerprint density at radius 2 is 1.93 bits per heavy atom. The van der Waals surface area contributed by atoms with Crippen molar-refractivity contribution in [2.75, 3.05) is 0 Å². The molecule has 0 radical (unpaired) electrons. The lowest BCUT2D eigenvalue weighted by molar-refractivity contribution is 1.11. The summed E-state index contributed by atoms with van der Waals surface area (Å²) in [5, 5.41) is 12.7. The summed E-state index contributed by atoms with van der Waals surface area (Å²) in [7, 11) is 0. The predicted molar refractivity (Wildman–Crippen MR) is 119 cm³/mol. The number of hydrogen-bond acceptors (Lipinski definition) is 5. The van der Waals surface area contributed by atoms with Crippen molar-refractivity contribution in [1.82, 2.24) is 9.97 Å². The van der Waals surface area contributed by atoms with Crippen molar-refractivity contribution in [3.05, 3.63) is 88.0 Å². The Bertz CT molecular complexity index is 1120. The zero-order chi connectivity index (χ0) is 19.3. The molecule has 4 rings (SSSR count). The van der Waals surface area contributed by atoms with Crippen molar-refractivity contribution < 1.29 is 0 Å². The van der Waals surface area contributed by atoms with Gasteiger partial charge in [0.25, 0.3) is 0 Å². The summed E-state index contributed by atoms with van der Waals surface area (Å²) in [4.78, 5) is 10.3. The third kappa shape index (κ3) is 4.17. The minimum atomic E-state index is 0.601. The highest BCUT2D eigenvalue weighted by molar-refractivity contribution is 9.10. The van der Waals surface area contributed by atoms with E-state index in [-0.39, 0.29) is 0 Å². The fourth-order valence-corrected chi connectivity index (χ4v) is 4.64. The van der Waals surface area contributed by atoms with E-state index in [0.717, 1.165) is 36.9 Å². The van der Waals surface area contributed by atoms with Gasteiger partial charge in [0.15, 0.2) is 0 Å². The van der Waals surface area contributed by atoms with Crippen molar-refractivity contribution in [3.8, 4) is 27.8 Å². The Balaban J connectivity index is 1.81. The number of nitrogens with zero attached hydrogens (tertiary/aromatic N) is 3. The van der Waals surface area contributed by atoms with E-state index in [1.807, 2.05) is 60.0 Å². The first-order valence-corrected chi connectivity index (χ1v) is 11.2. The Morgan fingerprint density at radius 3 is 2.61 bits per heavy atom. The first-order chi connectivity index (χ1) is 13.7. The second-order valence-corrected chi connectivity index (χ2v) is 8.77. The van der Waals surface area contributed by atoms with Crippen LogP contribution in [0.3, 0.4) is 0 Å². The molecule has 0 aliphatic rings. The first-order valence-electron chi connectivity index (χ1n) is 8.52. The van der Waals surface area contributed by atoms with Gasteiger partial charge in [-0.1, -0.05) is 52.0 Å². The third-order valence-corrected chi connectivity index (χ3v) is 6.54. The van der Waals surface area contributed by atoms with E-state index in [4.69, 9.17) is 4.98 Å². The largest absolute Gasteiger partial charge is 0.260 e. The molecule has 0 amide bonds. The van der Waals surface area contributed by atoms with E-state index in [1.54, 1.807) is 29.3 Å². The topological polar surface area (TPSA) is 49.6 Å². The van der Waals surface area contributed by atoms with Crippen LogP contribution in [0.15, 0.2) is 81.7 Å². The van der Waals surface area contributed by atoms with Crippen LogP contribution < -0.4 is 0 Å². The monoisotopic (exact) mass is 463 g/mol. The van der Waals surface area contributed by atoms with Crippen LogP contribution in [0, 0.1) is 11.3 Å². The highest BCUT2D eigenvalue weighted by Crippen LogP contribution is 2.36. The van der Waals surface area contributed by atoms with Crippen LogP contribution in [0.1, 0.15) is 11.3 Å². The maximum Gasteiger partial charge on any atom is 0.116 e. The standard InChI is InChI=1S/C22H14BrN3S2/c23-16-8-6-15(7-9-16)18-12-20(21-5-3-11-27-21)26-22(19(18)13-24)28-14-17-4-1-2-10-25-17/h1-12H,14H2. The van der Waals surface area contributed by atoms with Crippen LogP contribution in [0.4, 0.5) is 0 Å². The van der Waals surface area contributed by atoms with Gasteiger partial charge in [0.05, 0.1) is 21.8 Å². The number of rotatable bonds is 5. The number of hydrogen-bond donors (Lipinski definition) is 0. The lowest BCUT2D eigenvalue weighted by Gasteiger charge is -2.12. The third-order valence-electron chi connectivity index (χ3n) is 4.11. The number of halogens is 1. The highest BCUT2D eigenvalue weighted by atomic mass is 79.9. The van der Waals surface area contributed by atoms with Gasteiger partial charge in [-0.05, 0) is 47.3 Å². The summed E-state index contributed by atoms with van der Waals surface area (Å²) < 4.78 is 1.01. The molecule has 3 aromatic heterocycles. The van der Waals surface area contributed by atoms with E-state index >= 15 is 0 Å². The zero-order valence-electron chi connectivity index (χ0n) is 14.7. The molecule has 3 heterocycles. The van der Waals surface area contributed by atoms with Crippen molar-refractivity contribution in [2.45, 2.75) is 10.8 Å². The average molecular weight is 464 g/mol. The minimum Gasteiger partial charge on any atom is -0.260 e. The number of thiophene rings is 1. The van der Waals surface area contributed by atoms with Crippen LogP contribution in [-0.2, 0) is 5.75 Å². The van der Waals surface area contributed by atoms with Crippen LogP contribution in [-0.4, -0.2) is 9.97 Å². The van der Waals surface area contributed by atoms with E-state index in [2.05, 4.69) is 33.0 Å². The smallest absolute Gasteiger partial charge is 0.116 e. The maximum absolute atomic E-state index is 9.91. The van der Waals surface area contributed by atoms with Gasteiger partial charge in [-0.3, -0.25) is 4.98 Å². The molecule has 0 N–H and O–H groups in total. The molecule has 0 aliphatic carbocycles. The lowest BCUT2D eigenvalue weighted by Crippen LogP contribution is -1.96. The molecule has 0 unspecified atom stereocenters. The fraction of sp³-hybridized carbons (Fsp3) is 0.0455. The Kier molecular flexibility index (Phi) is 5.87. The van der Waals surface area contributed by atoms with Gasteiger partial charge in [-0.2, -0.15) is 5.26 Å².